The Balaban J connectivity index is 0.00000529. The van der Waals surface area contributed by atoms with Crippen LogP contribution in [0.25, 0.3) is 0 Å². The fraction of sp³-hybridized carbons (Fsp3) is 0.944. The van der Waals surface area contributed by atoms with Crippen LogP contribution in [0.2, 0.25) is 0 Å². The first-order chi connectivity index (χ1) is 11.3. The second-order valence-electron chi connectivity index (χ2n) is 6.36. The molecule has 0 spiro atoms. The van der Waals surface area contributed by atoms with E-state index in [1.165, 1.54) is 38.6 Å². The van der Waals surface area contributed by atoms with Gasteiger partial charge in [-0.3, -0.25) is 4.99 Å². The Hall–Kier alpha value is -0.0800. The van der Waals surface area contributed by atoms with Gasteiger partial charge in [-0.25, -0.2) is 0 Å². The molecule has 24 heavy (non-hydrogen) atoms. The monoisotopic (exact) mass is 454 g/mol. The van der Waals surface area contributed by atoms with Crippen molar-refractivity contribution in [2.24, 2.45) is 4.99 Å². The highest BCUT2D eigenvalue weighted by atomic mass is 127. The molecular formula is C18H39IN4O. The van der Waals surface area contributed by atoms with Gasteiger partial charge in [-0.15, -0.1) is 24.0 Å². The third-order valence-corrected chi connectivity index (χ3v) is 4.44. The number of nitrogens with one attached hydrogen (secondary N) is 2. The Morgan fingerprint density at radius 2 is 1.88 bits per heavy atom. The second kappa shape index (κ2) is 16.4. The van der Waals surface area contributed by atoms with E-state index in [9.17, 15) is 0 Å². The van der Waals surface area contributed by atoms with Gasteiger partial charge in [-0.2, -0.15) is 0 Å². The number of aliphatic imine (C=N–C) groups is 1. The molecule has 0 atom stereocenters. The van der Waals surface area contributed by atoms with Crippen molar-refractivity contribution in [1.82, 2.24) is 15.5 Å². The first-order valence-electron chi connectivity index (χ1n) is 9.58. The van der Waals surface area contributed by atoms with Crippen LogP contribution in [0.15, 0.2) is 4.99 Å². The highest BCUT2D eigenvalue weighted by Gasteiger charge is 2.17. The normalized spacial score (nSPS) is 16.1. The molecule has 0 aromatic heterocycles. The van der Waals surface area contributed by atoms with E-state index in [1.807, 2.05) is 6.92 Å². The summed E-state index contributed by atoms with van der Waals surface area (Å²) in [6.07, 6.45) is 9.16. The summed E-state index contributed by atoms with van der Waals surface area (Å²) >= 11 is 0. The SMILES string of the molecule is CCNC(=NCCCOCC)NCCCN(C)C1CCCCC1.I. The molecule has 144 valence electrons. The zero-order valence-corrected chi connectivity index (χ0v) is 18.3. The topological polar surface area (TPSA) is 48.9 Å². The van der Waals surface area contributed by atoms with E-state index in [2.05, 4.69) is 34.5 Å². The van der Waals surface area contributed by atoms with Crippen LogP contribution < -0.4 is 10.6 Å². The fourth-order valence-electron chi connectivity index (χ4n) is 3.08. The Labute approximate surface area is 166 Å². The van der Waals surface area contributed by atoms with Crippen LogP contribution in [0.3, 0.4) is 0 Å². The summed E-state index contributed by atoms with van der Waals surface area (Å²) in [5, 5.41) is 6.75. The zero-order chi connectivity index (χ0) is 16.8. The van der Waals surface area contributed by atoms with E-state index in [1.54, 1.807) is 0 Å². The maximum atomic E-state index is 5.34. The van der Waals surface area contributed by atoms with Gasteiger partial charge in [-0.05, 0) is 53.1 Å². The number of guanidine groups is 1. The molecule has 2 N–H and O–H groups in total. The van der Waals surface area contributed by atoms with Crippen LogP contribution in [0.4, 0.5) is 0 Å². The smallest absolute Gasteiger partial charge is 0.191 e. The van der Waals surface area contributed by atoms with Crippen molar-refractivity contribution in [3.63, 3.8) is 0 Å². The highest BCUT2D eigenvalue weighted by molar-refractivity contribution is 14.0. The Morgan fingerprint density at radius 1 is 1.12 bits per heavy atom. The molecule has 1 saturated carbocycles. The van der Waals surface area contributed by atoms with Crippen molar-refractivity contribution in [2.45, 2.75) is 64.8 Å². The molecule has 1 fully saturated rings. The third-order valence-electron chi connectivity index (χ3n) is 4.44. The van der Waals surface area contributed by atoms with Crippen molar-refractivity contribution >= 4 is 29.9 Å². The van der Waals surface area contributed by atoms with E-state index < -0.39 is 0 Å². The van der Waals surface area contributed by atoms with E-state index in [-0.39, 0.29) is 24.0 Å². The summed E-state index contributed by atoms with van der Waals surface area (Å²) in [4.78, 5) is 7.14. The maximum absolute atomic E-state index is 5.34. The van der Waals surface area contributed by atoms with E-state index in [0.29, 0.717) is 0 Å². The molecule has 0 aromatic rings. The molecule has 0 bridgehead atoms. The van der Waals surface area contributed by atoms with Gasteiger partial charge >= 0.3 is 0 Å². The minimum atomic E-state index is 0. The van der Waals surface area contributed by atoms with Gasteiger partial charge in [0.2, 0.25) is 0 Å². The predicted molar refractivity (Wildman–Crippen MR) is 115 cm³/mol. The van der Waals surface area contributed by atoms with Gasteiger partial charge < -0.3 is 20.3 Å². The average molecular weight is 454 g/mol. The van der Waals surface area contributed by atoms with Crippen LogP contribution in [0, 0.1) is 0 Å². The first kappa shape index (κ1) is 23.9. The lowest BCUT2D eigenvalue weighted by Gasteiger charge is -2.31. The summed E-state index contributed by atoms with van der Waals surface area (Å²) in [5.74, 6) is 0.935. The average Bonchev–Trinajstić information content (AvgIpc) is 2.59. The Bertz CT molecular complexity index is 309. The molecule has 0 unspecified atom stereocenters. The number of halogens is 1. The Morgan fingerprint density at radius 3 is 2.54 bits per heavy atom. The molecule has 1 aliphatic rings. The lowest BCUT2D eigenvalue weighted by molar-refractivity contribution is 0.146. The summed E-state index contributed by atoms with van der Waals surface area (Å²) in [5.41, 5.74) is 0. The lowest BCUT2D eigenvalue weighted by Crippen LogP contribution is -2.40. The minimum absolute atomic E-state index is 0. The lowest BCUT2D eigenvalue weighted by atomic mass is 9.94. The fourth-order valence-corrected chi connectivity index (χ4v) is 3.08. The largest absolute Gasteiger partial charge is 0.382 e. The van der Waals surface area contributed by atoms with Gasteiger partial charge in [0.1, 0.15) is 0 Å². The summed E-state index contributed by atoms with van der Waals surface area (Å²) < 4.78 is 5.34. The first-order valence-corrected chi connectivity index (χ1v) is 9.58. The van der Waals surface area contributed by atoms with Crippen molar-refractivity contribution in [3.8, 4) is 0 Å². The summed E-state index contributed by atoms with van der Waals surface area (Å²) in [7, 11) is 2.28. The molecule has 0 amide bonds. The van der Waals surface area contributed by atoms with Crippen LogP contribution in [-0.2, 0) is 4.74 Å². The van der Waals surface area contributed by atoms with Crippen molar-refractivity contribution < 1.29 is 4.74 Å². The molecule has 0 heterocycles. The van der Waals surface area contributed by atoms with E-state index in [0.717, 1.165) is 57.7 Å². The van der Waals surface area contributed by atoms with Crippen molar-refractivity contribution in [2.75, 3.05) is 46.4 Å². The molecule has 5 nitrogen and oxygen atoms in total. The minimum Gasteiger partial charge on any atom is -0.382 e. The maximum Gasteiger partial charge on any atom is 0.191 e. The quantitative estimate of drug-likeness (QED) is 0.218. The Kier molecular flexibility index (Phi) is 16.3. The second-order valence-corrected chi connectivity index (χ2v) is 6.36. The third kappa shape index (κ3) is 11.5. The van der Waals surface area contributed by atoms with Crippen LogP contribution in [0.1, 0.15) is 58.8 Å². The van der Waals surface area contributed by atoms with Crippen LogP contribution in [-0.4, -0.2) is 63.3 Å². The highest BCUT2D eigenvalue weighted by Crippen LogP contribution is 2.21. The molecule has 1 aliphatic carbocycles. The summed E-state index contributed by atoms with van der Waals surface area (Å²) in [6.45, 7) is 9.59. The number of hydrogen-bond donors (Lipinski definition) is 2. The van der Waals surface area contributed by atoms with Crippen molar-refractivity contribution in [1.29, 1.82) is 0 Å². The van der Waals surface area contributed by atoms with E-state index in [4.69, 9.17) is 4.74 Å². The van der Waals surface area contributed by atoms with Crippen LogP contribution in [0.5, 0.6) is 0 Å². The van der Waals surface area contributed by atoms with Gasteiger partial charge in [0.15, 0.2) is 5.96 Å². The van der Waals surface area contributed by atoms with Gasteiger partial charge in [0, 0.05) is 38.9 Å². The van der Waals surface area contributed by atoms with Crippen molar-refractivity contribution in [3.05, 3.63) is 0 Å². The number of rotatable bonds is 11. The van der Waals surface area contributed by atoms with Gasteiger partial charge in [0.05, 0.1) is 0 Å². The molecule has 0 aromatic carbocycles. The molecular weight excluding hydrogens is 415 g/mol. The molecule has 0 saturated heterocycles. The molecule has 0 aliphatic heterocycles. The zero-order valence-electron chi connectivity index (χ0n) is 16.0. The molecule has 0 radical (unpaired) electrons. The number of nitrogens with zero attached hydrogens (tertiary/aromatic N) is 2. The molecule has 6 heteroatoms. The summed E-state index contributed by atoms with van der Waals surface area (Å²) in [6, 6.07) is 0.809. The molecule has 1 rings (SSSR count). The van der Waals surface area contributed by atoms with E-state index >= 15 is 0 Å². The predicted octanol–water partition coefficient (Wildman–Crippen LogP) is 3.24. The van der Waals surface area contributed by atoms with Crippen LogP contribution >= 0.6 is 24.0 Å². The number of ether oxygens (including phenoxy) is 1. The number of hydrogen-bond acceptors (Lipinski definition) is 3. The standard InChI is InChI=1S/C18H38N4O.HI/c1-4-19-18(21-14-10-16-23-5-2)20-13-9-15-22(3)17-11-7-6-8-12-17;/h17H,4-16H2,1-3H3,(H2,19,20,21);1H. The van der Waals surface area contributed by atoms with Gasteiger partial charge in [0.25, 0.3) is 0 Å². The van der Waals surface area contributed by atoms with Gasteiger partial charge in [-0.1, -0.05) is 19.3 Å².